The van der Waals surface area contributed by atoms with Gasteiger partial charge in [-0.05, 0) is 36.4 Å². The van der Waals surface area contributed by atoms with Crippen LogP contribution in [0.1, 0.15) is 10.4 Å². The molecule has 142 valence electrons. The molecule has 0 atom stereocenters. The van der Waals surface area contributed by atoms with Crippen molar-refractivity contribution in [2.75, 3.05) is 44.8 Å². The monoisotopic (exact) mass is 369 g/mol. The number of carbonyl (C=O) groups excluding carboxylic acids is 2. The van der Waals surface area contributed by atoms with E-state index in [1.807, 2.05) is 24.3 Å². The van der Waals surface area contributed by atoms with Gasteiger partial charge in [0.15, 0.2) is 6.61 Å². The van der Waals surface area contributed by atoms with E-state index >= 15 is 0 Å². The minimum absolute atomic E-state index is 0.108. The highest BCUT2D eigenvalue weighted by atomic mass is 16.5. The molecule has 2 aromatic rings. The second-order valence-electron chi connectivity index (χ2n) is 6.21. The van der Waals surface area contributed by atoms with Gasteiger partial charge in [-0.3, -0.25) is 9.59 Å². The molecule has 1 aliphatic rings. The van der Waals surface area contributed by atoms with Crippen LogP contribution in [-0.4, -0.2) is 56.6 Å². The molecule has 2 aromatic carbocycles. The fraction of sp³-hybridized carbons (Fsp3) is 0.300. The summed E-state index contributed by atoms with van der Waals surface area (Å²) in [7, 11) is 1.64. The van der Waals surface area contributed by atoms with Gasteiger partial charge in [-0.25, -0.2) is 0 Å². The van der Waals surface area contributed by atoms with Crippen molar-refractivity contribution >= 4 is 17.5 Å². The van der Waals surface area contributed by atoms with E-state index in [-0.39, 0.29) is 18.1 Å². The van der Waals surface area contributed by atoms with Crippen molar-refractivity contribution in [1.29, 1.82) is 0 Å². The Kier molecular flexibility index (Phi) is 5.80. The topological polar surface area (TPSA) is 85.1 Å². The Morgan fingerprint density at radius 3 is 2.30 bits per heavy atom. The number of para-hydroxylation sites is 1. The number of methoxy groups -OCH3 is 1. The number of amides is 2. The van der Waals surface area contributed by atoms with Gasteiger partial charge in [0.05, 0.1) is 12.7 Å². The Hall–Kier alpha value is -3.22. The molecule has 0 unspecified atom stereocenters. The van der Waals surface area contributed by atoms with Crippen molar-refractivity contribution in [1.82, 2.24) is 4.90 Å². The molecular formula is C20H23N3O4. The Morgan fingerprint density at radius 1 is 1.00 bits per heavy atom. The molecule has 7 heteroatoms. The van der Waals surface area contributed by atoms with Gasteiger partial charge in [-0.1, -0.05) is 12.1 Å². The largest absolute Gasteiger partial charge is 0.497 e. The smallest absolute Gasteiger partial charge is 0.260 e. The number of anilines is 1. The highest BCUT2D eigenvalue weighted by molar-refractivity contribution is 5.95. The SMILES string of the molecule is COc1ccc(N2CCN(C(=O)COc3ccccc3C(N)=O)CC2)cc1. The van der Waals surface area contributed by atoms with Crippen LogP contribution in [-0.2, 0) is 4.79 Å². The molecular weight excluding hydrogens is 346 g/mol. The van der Waals surface area contributed by atoms with Crippen molar-refractivity contribution in [2.45, 2.75) is 0 Å². The Labute approximate surface area is 158 Å². The molecule has 1 fully saturated rings. The predicted octanol–water partition coefficient (Wildman–Crippen LogP) is 1.52. The molecule has 0 spiro atoms. The lowest BCUT2D eigenvalue weighted by Crippen LogP contribution is -2.50. The molecule has 0 aliphatic carbocycles. The van der Waals surface area contributed by atoms with E-state index < -0.39 is 5.91 Å². The standard InChI is InChI=1S/C20H23N3O4/c1-26-16-8-6-15(7-9-16)22-10-12-23(13-11-22)19(24)14-27-18-5-3-2-4-17(18)20(21)25/h2-9H,10-14H2,1H3,(H2,21,25). The van der Waals surface area contributed by atoms with Crippen molar-refractivity contribution in [3.05, 3.63) is 54.1 Å². The van der Waals surface area contributed by atoms with Gasteiger partial charge in [0, 0.05) is 31.9 Å². The maximum absolute atomic E-state index is 12.4. The number of benzene rings is 2. The lowest BCUT2D eigenvalue weighted by Gasteiger charge is -2.36. The third kappa shape index (κ3) is 4.49. The minimum atomic E-state index is -0.578. The molecule has 3 rings (SSSR count). The molecule has 2 amide bonds. The summed E-state index contributed by atoms with van der Waals surface area (Å²) in [6, 6.07) is 14.5. The van der Waals surface area contributed by atoms with E-state index in [0.717, 1.165) is 24.5 Å². The highest BCUT2D eigenvalue weighted by Crippen LogP contribution is 2.21. The van der Waals surface area contributed by atoms with Gasteiger partial charge in [0.1, 0.15) is 11.5 Å². The zero-order valence-corrected chi connectivity index (χ0v) is 15.3. The summed E-state index contributed by atoms with van der Waals surface area (Å²) >= 11 is 0. The fourth-order valence-electron chi connectivity index (χ4n) is 3.03. The molecule has 1 saturated heterocycles. The van der Waals surface area contributed by atoms with E-state index in [2.05, 4.69) is 4.90 Å². The number of ether oxygens (including phenoxy) is 2. The Morgan fingerprint density at radius 2 is 1.67 bits per heavy atom. The summed E-state index contributed by atoms with van der Waals surface area (Å²) in [6.45, 7) is 2.61. The number of nitrogens with two attached hydrogens (primary N) is 1. The van der Waals surface area contributed by atoms with Crippen molar-refractivity contribution in [3.63, 3.8) is 0 Å². The Balaban J connectivity index is 1.52. The zero-order chi connectivity index (χ0) is 19.2. The number of piperazine rings is 1. The first-order valence-corrected chi connectivity index (χ1v) is 8.77. The van der Waals surface area contributed by atoms with Crippen LogP contribution in [0.3, 0.4) is 0 Å². The summed E-state index contributed by atoms with van der Waals surface area (Å²) in [5.41, 5.74) is 6.70. The summed E-state index contributed by atoms with van der Waals surface area (Å²) < 4.78 is 10.7. The number of rotatable bonds is 6. The summed E-state index contributed by atoms with van der Waals surface area (Å²) in [5, 5.41) is 0. The summed E-state index contributed by atoms with van der Waals surface area (Å²) in [5.74, 6) is 0.464. The van der Waals surface area contributed by atoms with E-state index in [1.54, 1.807) is 36.3 Å². The normalized spacial score (nSPS) is 14.0. The van der Waals surface area contributed by atoms with Crippen LogP contribution in [0.15, 0.2) is 48.5 Å². The molecule has 1 heterocycles. The van der Waals surface area contributed by atoms with Crippen molar-refractivity contribution < 1.29 is 19.1 Å². The van der Waals surface area contributed by atoms with E-state index in [0.29, 0.717) is 18.8 Å². The third-order valence-corrected chi connectivity index (χ3v) is 4.57. The molecule has 7 nitrogen and oxygen atoms in total. The van der Waals surface area contributed by atoms with Gasteiger partial charge < -0.3 is 25.0 Å². The minimum Gasteiger partial charge on any atom is -0.497 e. The average Bonchev–Trinajstić information content (AvgIpc) is 2.72. The van der Waals surface area contributed by atoms with Crippen molar-refractivity contribution in [3.8, 4) is 11.5 Å². The van der Waals surface area contributed by atoms with Crippen LogP contribution in [0.4, 0.5) is 5.69 Å². The number of primary amides is 1. The fourth-order valence-corrected chi connectivity index (χ4v) is 3.03. The van der Waals surface area contributed by atoms with Gasteiger partial charge in [0.2, 0.25) is 0 Å². The predicted molar refractivity (Wildman–Crippen MR) is 102 cm³/mol. The average molecular weight is 369 g/mol. The van der Waals surface area contributed by atoms with Crippen LogP contribution in [0.25, 0.3) is 0 Å². The second-order valence-corrected chi connectivity index (χ2v) is 6.21. The third-order valence-electron chi connectivity index (χ3n) is 4.57. The number of nitrogens with zero attached hydrogens (tertiary/aromatic N) is 2. The van der Waals surface area contributed by atoms with E-state index in [9.17, 15) is 9.59 Å². The molecule has 0 radical (unpaired) electrons. The van der Waals surface area contributed by atoms with Gasteiger partial charge in [-0.2, -0.15) is 0 Å². The first-order valence-electron chi connectivity index (χ1n) is 8.77. The molecule has 0 aromatic heterocycles. The Bertz CT molecular complexity index is 799. The maximum Gasteiger partial charge on any atom is 0.260 e. The summed E-state index contributed by atoms with van der Waals surface area (Å²) in [6.07, 6.45) is 0. The molecule has 27 heavy (non-hydrogen) atoms. The molecule has 0 bridgehead atoms. The van der Waals surface area contributed by atoms with Crippen LogP contribution in [0.5, 0.6) is 11.5 Å². The van der Waals surface area contributed by atoms with Gasteiger partial charge in [-0.15, -0.1) is 0 Å². The van der Waals surface area contributed by atoms with Gasteiger partial charge >= 0.3 is 0 Å². The highest BCUT2D eigenvalue weighted by Gasteiger charge is 2.22. The van der Waals surface area contributed by atoms with Crippen LogP contribution < -0.4 is 20.1 Å². The second kappa shape index (κ2) is 8.44. The van der Waals surface area contributed by atoms with E-state index in [1.165, 1.54) is 0 Å². The lowest BCUT2D eigenvalue weighted by atomic mass is 10.2. The zero-order valence-electron chi connectivity index (χ0n) is 15.3. The van der Waals surface area contributed by atoms with Crippen LogP contribution in [0.2, 0.25) is 0 Å². The van der Waals surface area contributed by atoms with Crippen LogP contribution in [0, 0.1) is 0 Å². The molecule has 0 saturated carbocycles. The maximum atomic E-state index is 12.4. The number of carbonyl (C=O) groups is 2. The van der Waals surface area contributed by atoms with Crippen LogP contribution >= 0.6 is 0 Å². The van der Waals surface area contributed by atoms with Crippen molar-refractivity contribution in [2.24, 2.45) is 5.73 Å². The summed E-state index contributed by atoms with van der Waals surface area (Å²) in [4.78, 5) is 27.8. The lowest BCUT2D eigenvalue weighted by molar-refractivity contribution is -0.133. The van der Waals surface area contributed by atoms with E-state index in [4.69, 9.17) is 15.2 Å². The quantitative estimate of drug-likeness (QED) is 0.835. The number of hydrogen-bond donors (Lipinski definition) is 1. The number of hydrogen-bond acceptors (Lipinski definition) is 5. The molecule has 1 aliphatic heterocycles. The first kappa shape index (κ1) is 18.6. The van der Waals surface area contributed by atoms with Gasteiger partial charge in [0.25, 0.3) is 11.8 Å². The molecule has 2 N–H and O–H groups in total. The first-order chi connectivity index (χ1) is 13.1.